The predicted octanol–water partition coefficient (Wildman–Crippen LogP) is 0.944. The molecular weight excluding hydrogens is 122 g/mol. The molecule has 0 aromatic heterocycles. The second-order valence-corrected chi connectivity index (χ2v) is 2.51. The van der Waals surface area contributed by atoms with Gasteiger partial charge in [0.25, 0.3) is 0 Å². The van der Waals surface area contributed by atoms with Crippen LogP contribution in [0.3, 0.4) is 0 Å². The highest BCUT2D eigenvalue weighted by atomic mass is 32.2. The summed E-state index contributed by atoms with van der Waals surface area (Å²) < 4.78 is 5.08. The first kappa shape index (κ1) is 6.39. The van der Waals surface area contributed by atoms with Gasteiger partial charge in [-0.15, -0.1) is 0 Å². The van der Waals surface area contributed by atoms with Crippen molar-refractivity contribution in [2.75, 3.05) is 25.6 Å². The minimum atomic E-state index is 0.887. The number of rotatable bonds is 1. The first-order chi connectivity index (χ1) is 3.93. The van der Waals surface area contributed by atoms with Gasteiger partial charge >= 0.3 is 0 Å². The normalized spacial score (nSPS) is 23.6. The van der Waals surface area contributed by atoms with Gasteiger partial charge < -0.3 is 4.18 Å². The van der Waals surface area contributed by atoms with E-state index in [1.807, 2.05) is 0 Å². The van der Waals surface area contributed by atoms with E-state index in [1.54, 1.807) is 12.0 Å². The lowest BCUT2D eigenvalue weighted by Crippen LogP contribution is -2.30. The van der Waals surface area contributed by atoms with E-state index in [9.17, 15) is 0 Å². The zero-order chi connectivity index (χ0) is 5.82. The molecular formula is C5H11NOS. The molecule has 0 aromatic rings. The molecule has 48 valence electrons. The summed E-state index contributed by atoms with van der Waals surface area (Å²) in [4.78, 5) is 2.36. The third-order valence-electron chi connectivity index (χ3n) is 1.26. The SMILES string of the molecule is CCN1CCOSC1. The predicted molar refractivity (Wildman–Crippen MR) is 35.7 cm³/mol. The minimum Gasteiger partial charge on any atom is -0.313 e. The highest BCUT2D eigenvalue weighted by Crippen LogP contribution is 2.10. The molecule has 0 amide bonds. The summed E-state index contributed by atoms with van der Waals surface area (Å²) >= 11 is 1.55. The maximum Gasteiger partial charge on any atom is 0.0742 e. The van der Waals surface area contributed by atoms with Crippen LogP contribution in [0.1, 0.15) is 6.92 Å². The largest absolute Gasteiger partial charge is 0.313 e. The standard InChI is InChI=1S/C5H11NOS/c1-2-6-3-4-7-8-5-6/h2-5H2,1H3. The van der Waals surface area contributed by atoms with Crippen LogP contribution in [0.4, 0.5) is 0 Å². The van der Waals surface area contributed by atoms with Crippen LogP contribution in [0.15, 0.2) is 0 Å². The lowest BCUT2D eigenvalue weighted by Gasteiger charge is -2.23. The minimum absolute atomic E-state index is 0.887. The molecule has 0 spiro atoms. The Bertz CT molecular complexity index is 63.4. The van der Waals surface area contributed by atoms with Crippen molar-refractivity contribution in [3.05, 3.63) is 0 Å². The zero-order valence-electron chi connectivity index (χ0n) is 5.09. The van der Waals surface area contributed by atoms with Gasteiger partial charge in [0.2, 0.25) is 0 Å². The van der Waals surface area contributed by atoms with E-state index < -0.39 is 0 Å². The van der Waals surface area contributed by atoms with E-state index in [1.165, 1.54) is 0 Å². The molecule has 0 radical (unpaired) electrons. The number of nitrogens with zero attached hydrogens (tertiary/aromatic N) is 1. The molecule has 0 bridgehead atoms. The second-order valence-electron chi connectivity index (χ2n) is 1.78. The fourth-order valence-corrected chi connectivity index (χ4v) is 1.38. The molecule has 0 N–H and O–H groups in total. The van der Waals surface area contributed by atoms with Crippen molar-refractivity contribution in [2.45, 2.75) is 6.92 Å². The van der Waals surface area contributed by atoms with Gasteiger partial charge in [-0.25, -0.2) is 0 Å². The summed E-state index contributed by atoms with van der Waals surface area (Å²) in [5.74, 6) is 1.04. The summed E-state index contributed by atoms with van der Waals surface area (Å²) in [7, 11) is 0. The van der Waals surface area contributed by atoms with Crippen molar-refractivity contribution < 1.29 is 4.18 Å². The van der Waals surface area contributed by atoms with Crippen LogP contribution in [-0.4, -0.2) is 30.5 Å². The third kappa shape index (κ3) is 1.65. The van der Waals surface area contributed by atoms with Crippen molar-refractivity contribution >= 4 is 12.0 Å². The Morgan fingerprint density at radius 1 is 1.75 bits per heavy atom. The van der Waals surface area contributed by atoms with Gasteiger partial charge in [-0.1, -0.05) is 6.92 Å². The first-order valence-electron chi connectivity index (χ1n) is 2.90. The Balaban J connectivity index is 2.13. The quantitative estimate of drug-likeness (QED) is 0.494. The number of likely N-dealkylation sites (N-methyl/N-ethyl adjacent to an activating group) is 1. The molecule has 0 atom stereocenters. The summed E-state index contributed by atoms with van der Waals surface area (Å²) in [6, 6.07) is 0. The van der Waals surface area contributed by atoms with Gasteiger partial charge in [-0.05, 0) is 6.54 Å². The summed E-state index contributed by atoms with van der Waals surface area (Å²) in [6.07, 6.45) is 0. The van der Waals surface area contributed by atoms with E-state index >= 15 is 0 Å². The van der Waals surface area contributed by atoms with Crippen molar-refractivity contribution in [3.8, 4) is 0 Å². The van der Waals surface area contributed by atoms with Crippen LogP contribution in [0, 0.1) is 0 Å². The summed E-state index contributed by atoms with van der Waals surface area (Å²) in [5, 5.41) is 0. The van der Waals surface area contributed by atoms with E-state index in [0.717, 1.165) is 25.6 Å². The summed E-state index contributed by atoms with van der Waals surface area (Å²) in [6.45, 7) is 5.31. The van der Waals surface area contributed by atoms with E-state index in [4.69, 9.17) is 4.18 Å². The van der Waals surface area contributed by atoms with Gasteiger partial charge in [-0.3, -0.25) is 4.90 Å². The number of hydrogen-bond acceptors (Lipinski definition) is 3. The Labute approximate surface area is 54.4 Å². The van der Waals surface area contributed by atoms with Crippen molar-refractivity contribution in [1.82, 2.24) is 4.90 Å². The zero-order valence-corrected chi connectivity index (χ0v) is 5.91. The fourth-order valence-electron chi connectivity index (χ4n) is 0.651. The lowest BCUT2D eigenvalue weighted by atomic mass is 10.5. The smallest absolute Gasteiger partial charge is 0.0742 e. The first-order valence-corrected chi connectivity index (χ1v) is 3.81. The van der Waals surface area contributed by atoms with Crippen molar-refractivity contribution in [1.29, 1.82) is 0 Å². The van der Waals surface area contributed by atoms with Crippen LogP contribution < -0.4 is 0 Å². The lowest BCUT2D eigenvalue weighted by molar-refractivity contribution is 0.229. The molecule has 1 fully saturated rings. The highest BCUT2D eigenvalue weighted by Gasteiger charge is 2.06. The fraction of sp³-hybridized carbons (Fsp3) is 1.00. The molecule has 8 heavy (non-hydrogen) atoms. The van der Waals surface area contributed by atoms with E-state index in [0.29, 0.717) is 0 Å². The average molecular weight is 133 g/mol. The maximum absolute atomic E-state index is 5.08. The third-order valence-corrected chi connectivity index (χ3v) is 2.06. The molecule has 1 saturated heterocycles. The number of hydrogen-bond donors (Lipinski definition) is 0. The van der Waals surface area contributed by atoms with E-state index in [-0.39, 0.29) is 0 Å². The Kier molecular flexibility index (Phi) is 2.66. The van der Waals surface area contributed by atoms with Crippen LogP contribution in [0.25, 0.3) is 0 Å². The van der Waals surface area contributed by atoms with Gasteiger partial charge in [-0.2, -0.15) is 0 Å². The molecule has 1 heterocycles. The molecule has 1 rings (SSSR count). The Morgan fingerprint density at radius 3 is 3.00 bits per heavy atom. The molecule has 0 aliphatic carbocycles. The molecule has 0 aromatic carbocycles. The molecule has 0 saturated carbocycles. The van der Waals surface area contributed by atoms with Crippen LogP contribution >= 0.6 is 12.0 Å². The molecule has 0 unspecified atom stereocenters. The van der Waals surface area contributed by atoms with Crippen LogP contribution in [0.5, 0.6) is 0 Å². The Hall–Kier alpha value is 0.270. The van der Waals surface area contributed by atoms with Gasteiger partial charge in [0.05, 0.1) is 12.5 Å². The van der Waals surface area contributed by atoms with Gasteiger partial charge in [0.1, 0.15) is 0 Å². The van der Waals surface area contributed by atoms with Gasteiger partial charge in [0, 0.05) is 18.6 Å². The topological polar surface area (TPSA) is 12.5 Å². The van der Waals surface area contributed by atoms with Crippen molar-refractivity contribution in [3.63, 3.8) is 0 Å². The average Bonchev–Trinajstić information content (AvgIpc) is 1.90. The molecule has 1 aliphatic heterocycles. The monoisotopic (exact) mass is 133 g/mol. The Morgan fingerprint density at radius 2 is 2.62 bits per heavy atom. The summed E-state index contributed by atoms with van der Waals surface area (Å²) in [5.41, 5.74) is 0. The molecule has 3 heteroatoms. The molecule has 1 aliphatic rings. The van der Waals surface area contributed by atoms with Crippen LogP contribution in [-0.2, 0) is 4.18 Å². The van der Waals surface area contributed by atoms with Gasteiger partial charge in [0.15, 0.2) is 0 Å². The van der Waals surface area contributed by atoms with E-state index in [2.05, 4.69) is 11.8 Å². The molecule has 2 nitrogen and oxygen atoms in total. The van der Waals surface area contributed by atoms with Crippen molar-refractivity contribution in [2.24, 2.45) is 0 Å². The highest BCUT2D eigenvalue weighted by molar-refractivity contribution is 7.94. The maximum atomic E-state index is 5.08. The van der Waals surface area contributed by atoms with Crippen LogP contribution in [0.2, 0.25) is 0 Å². The second kappa shape index (κ2) is 3.33.